The van der Waals surface area contributed by atoms with Crippen molar-refractivity contribution < 1.29 is 9.18 Å². The summed E-state index contributed by atoms with van der Waals surface area (Å²) in [7, 11) is 0. The zero-order chi connectivity index (χ0) is 25.0. The Bertz CT molecular complexity index is 1190. The van der Waals surface area contributed by atoms with Gasteiger partial charge in [0.1, 0.15) is 11.6 Å². The highest BCUT2D eigenvalue weighted by Crippen LogP contribution is 2.29. The van der Waals surface area contributed by atoms with Crippen molar-refractivity contribution >= 4 is 16.8 Å². The number of amides is 1. The van der Waals surface area contributed by atoms with Crippen LogP contribution < -0.4 is 5.56 Å². The van der Waals surface area contributed by atoms with E-state index in [2.05, 4.69) is 27.7 Å². The Morgan fingerprint density at radius 2 is 1.74 bits per heavy atom. The van der Waals surface area contributed by atoms with Crippen LogP contribution in [0, 0.1) is 17.2 Å². The lowest BCUT2D eigenvalue weighted by Crippen LogP contribution is -2.38. The molecule has 0 N–H and O–H groups in total. The number of nitrogens with zero attached hydrogens (tertiary/aromatic N) is 3. The van der Waals surface area contributed by atoms with Crippen LogP contribution in [-0.4, -0.2) is 26.9 Å². The Morgan fingerprint density at radius 1 is 1.09 bits per heavy atom. The molecule has 182 valence electrons. The van der Waals surface area contributed by atoms with Crippen LogP contribution in [0.15, 0.2) is 53.3 Å². The minimum Gasteiger partial charge on any atom is -0.333 e. The molecule has 0 spiro atoms. The summed E-state index contributed by atoms with van der Waals surface area (Å²) >= 11 is 0. The minimum atomic E-state index is -0.434. The smallest absolute Gasteiger partial charge is 0.266 e. The fourth-order valence-corrected chi connectivity index (χ4v) is 4.72. The summed E-state index contributed by atoms with van der Waals surface area (Å²) in [4.78, 5) is 33.7. The monoisotopic (exact) mass is 465 g/mol. The first-order valence-corrected chi connectivity index (χ1v) is 12.1. The molecule has 3 rings (SSSR count). The normalized spacial score (nSPS) is 13.6. The molecule has 0 radical (unpaired) electrons. The predicted molar refractivity (Wildman–Crippen MR) is 136 cm³/mol. The van der Waals surface area contributed by atoms with E-state index < -0.39 is 6.04 Å². The van der Waals surface area contributed by atoms with Crippen molar-refractivity contribution in [1.29, 1.82) is 0 Å². The summed E-state index contributed by atoms with van der Waals surface area (Å²) in [6.07, 6.45) is 2.18. The quantitative estimate of drug-likeness (QED) is 0.393. The van der Waals surface area contributed by atoms with Crippen LogP contribution in [-0.2, 0) is 4.79 Å². The van der Waals surface area contributed by atoms with Crippen molar-refractivity contribution in [3.05, 3.63) is 70.5 Å². The second-order valence-corrected chi connectivity index (χ2v) is 10.4. The molecule has 1 heterocycles. The van der Waals surface area contributed by atoms with Gasteiger partial charge in [0.15, 0.2) is 0 Å². The fourth-order valence-electron chi connectivity index (χ4n) is 4.72. The zero-order valence-electron chi connectivity index (χ0n) is 21.1. The molecule has 0 saturated heterocycles. The van der Waals surface area contributed by atoms with E-state index in [1.807, 2.05) is 24.8 Å². The van der Waals surface area contributed by atoms with E-state index in [0.29, 0.717) is 35.4 Å². The second-order valence-electron chi connectivity index (χ2n) is 10.4. The number of carbonyl (C=O) groups excluding carboxylic acids is 1. The second kappa shape index (κ2) is 10.5. The number of halogens is 1. The van der Waals surface area contributed by atoms with Gasteiger partial charge in [0.25, 0.3) is 5.56 Å². The first-order chi connectivity index (χ1) is 16.0. The summed E-state index contributed by atoms with van der Waals surface area (Å²) in [5.74, 6) is 0.387. The summed E-state index contributed by atoms with van der Waals surface area (Å²) < 4.78 is 15.1. The van der Waals surface area contributed by atoms with Crippen LogP contribution >= 0.6 is 0 Å². The van der Waals surface area contributed by atoms with E-state index in [4.69, 9.17) is 4.98 Å². The molecule has 0 bridgehead atoms. The minimum absolute atomic E-state index is 0.0548. The van der Waals surface area contributed by atoms with Crippen LogP contribution in [0.1, 0.15) is 72.7 Å². The Balaban J connectivity index is 2.08. The van der Waals surface area contributed by atoms with Crippen molar-refractivity contribution in [2.24, 2.45) is 11.3 Å². The van der Waals surface area contributed by atoms with Gasteiger partial charge in [-0.3, -0.25) is 14.2 Å². The van der Waals surface area contributed by atoms with Crippen molar-refractivity contribution in [3.8, 4) is 5.69 Å². The summed E-state index contributed by atoms with van der Waals surface area (Å²) in [5.41, 5.74) is 1.02. The van der Waals surface area contributed by atoms with Crippen molar-refractivity contribution in [3.63, 3.8) is 0 Å². The van der Waals surface area contributed by atoms with Crippen LogP contribution in [0.2, 0.25) is 0 Å². The molecule has 5 nitrogen and oxygen atoms in total. The molecule has 3 aromatic rings. The van der Waals surface area contributed by atoms with Gasteiger partial charge in [-0.2, -0.15) is 0 Å². The third-order valence-corrected chi connectivity index (χ3v) is 6.00. The predicted octanol–water partition coefficient (Wildman–Crippen LogP) is 6.29. The highest BCUT2D eigenvalue weighted by Gasteiger charge is 2.28. The van der Waals surface area contributed by atoms with Gasteiger partial charge in [0.2, 0.25) is 5.91 Å². The molecule has 0 aliphatic carbocycles. The lowest BCUT2D eigenvalue weighted by atomic mass is 9.84. The molecule has 0 fully saturated rings. The van der Waals surface area contributed by atoms with E-state index in [9.17, 15) is 14.0 Å². The number of hydrogen-bond donors (Lipinski definition) is 0. The Morgan fingerprint density at radius 3 is 2.35 bits per heavy atom. The molecule has 2 unspecified atom stereocenters. The maximum atomic E-state index is 13.6. The summed E-state index contributed by atoms with van der Waals surface area (Å²) in [5, 5.41) is 0.481. The molecule has 0 saturated carbocycles. The van der Waals surface area contributed by atoms with Gasteiger partial charge < -0.3 is 4.90 Å². The van der Waals surface area contributed by atoms with Crippen LogP contribution in [0.25, 0.3) is 16.6 Å². The molecule has 1 aromatic heterocycles. The van der Waals surface area contributed by atoms with E-state index in [-0.39, 0.29) is 28.6 Å². The molecule has 0 aliphatic rings. The largest absolute Gasteiger partial charge is 0.333 e. The molecular weight excluding hydrogens is 429 g/mol. The molecule has 2 atom stereocenters. The van der Waals surface area contributed by atoms with Crippen LogP contribution in [0.3, 0.4) is 0 Å². The van der Waals surface area contributed by atoms with Crippen molar-refractivity contribution in [2.75, 3.05) is 6.54 Å². The molecular formula is C28H36FN3O2. The van der Waals surface area contributed by atoms with Gasteiger partial charge in [-0.05, 0) is 67.5 Å². The maximum absolute atomic E-state index is 13.6. The van der Waals surface area contributed by atoms with Gasteiger partial charge in [0.05, 0.1) is 22.6 Å². The number of rotatable bonds is 8. The first-order valence-electron chi connectivity index (χ1n) is 12.1. The molecule has 34 heavy (non-hydrogen) atoms. The third kappa shape index (κ3) is 5.91. The van der Waals surface area contributed by atoms with Crippen LogP contribution in [0.5, 0.6) is 0 Å². The topological polar surface area (TPSA) is 55.2 Å². The number of benzene rings is 2. The molecule has 2 aromatic carbocycles. The van der Waals surface area contributed by atoms with Gasteiger partial charge in [-0.25, -0.2) is 9.37 Å². The lowest BCUT2D eigenvalue weighted by molar-refractivity contribution is -0.134. The van der Waals surface area contributed by atoms with Gasteiger partial charge >= 0.3 is 0 Å². The van der Waals surface area contributed by atoms with E-state index >= 15 is 0 Å². The lowest BCUT2D eigenvalue weighted by Gasteiger charge is -2.32. The fraction of sp³-hybridized carbons (Fsp3) is 0.464. The molecule has 0 aliphatic heterocycles. The van der Waals surface area contributed by atoms with Gasteiger partial charge in [0, 0.05) is 13.0 Å². The molecule has 1 amide bonds. The summed E-state index contributed by atoms with van der Waals surface area (Å²) in [6, 6.07) is 12.5. The zero-order valence-corrected chi connectivity index (χ0v) is 21.1. The average molecular weight is 466 g/mol. The number of carbonyl (C=O) groups is 1. The number of aromatic nitrogens is 2. The van der Waals surface area contributed by atoms with Gasteiger partial charge in [-0.15, -0.1) is 0 Å². The number of fused-ring (bicyclic) bond motifs is 1. The van der Waals surface area contributed by atoms with E-state index in [1.54, 1.807) is 30.3 Å². The highest BCUT2D eigenvalue weighted by molar-refractivity contribution is 5.79. The SMILES string of the molecule is CCCN(C(=O)CC(C)CC(C)(C)C)C(C)c1nc2ccccc2c(=O)n1-c1ccc(F)cc1. The Kier molecular flexibility index (Phi) is 7.90. The van der Waals surface area contributed by atoms with E-state index in [1.165, 1.54) is 16.7 Å². The van der Waals surface area contributed by atoms with Gasteiger partial charge in [-0.1, -0.05) is 46.8 Å². The van der Waals surface area contributed by atoms with Crippen LogP contribution in [0.4, 0.5) is 4.39 Å². The standard InChI is InChI=1S/C28H36FN3O2/c1-7-16-31(25(33)17-19(2)18-28(4,5)6)20(3)26-30-24-11-9-8-10-23(24)27(34)32(26)22-14-12-21(29)13-15-22/h8-15,19-20H,7,16-18H2,1-6H3. The average Bonchev–Trinajstić information content (AvgIpc) is 2.76. The Hall–Kier alpha value is -3.02. The Labute approximate surface area is 201 Å². The molecule has 6 heteroatoms. The highest BCUT2D eigenvalue weighted by atomic mass is 19.1. The number of para-hydroxylation sites is 1. The van der Waals surface area contributed by atoms with Crippen molar-refractivity contribution in [2.45, 2.75) is 66.8 Å². The van der Waals surface area contributed by atoms with Crippen molar-refractivity contribution in [1.82, 2.24) is 14.5 Å². The summed E-state index contributed by atoms with van der Waals surface area (Å²) in [6.45, 7) is 13.2. The van der Waals surface area contributed by atoms with E-state index in [0.717, 1.165) is 12.8 Å². The maximum Gasteiger partial charge on any atom is 0.266 e. The third-order valence-electron chi connectivity index (χ3n) is 6.00. The first kappa shape index (κ1) is 25.6. The number of hydrogen-bond acceptors (Lipinski definition) is 3.